The Labute approximate surface area is 341 Å². The number of aromatic nitrogens is 3. The highest BCUT2D eigenvalue weighted by Crippen LogP contribution is 2.32. The third kappa shape index (κ3) is 9.40. The molecule has 0 bridgehead atoms. The van der Waals surface area contributed by atoms with Gasteiger partial charge in [0.15, 0.2) is 5.65 Å². The van der Waals surface area contributed by atoms with Gasteiger partial charge in [-0.2, -0.15) is 5.10 Å². The van der Waals surface area contributed by atoms with E-state index in [1.807, 2.05) is 40.9 Å². The average Bonchev–Trinajstić information content (AvgIpc) is 3.66. The highest BCUT2D eigenvalue weighted by Gasteiger charge is 2.23. The number of hydrogen-bond acceptors (Lipinski definition) is 8. The quantitative estimate of drug-likeness (QED) is 0.125. The Morgan fingerprint density at radius 2 is 1.57 bits per heavy atom. The predicted molar refractivity (Wildman–Crippen MR) is 228 cm³/mol. The second-order valence-corrected chi connectivity index (χ2v) is 15.6. The predicted octanol–water partition coefficient (Wildman–Crippen LogP) is 6.41. The SMILES string of the molecule is CCc1nc2c(cnn2CC)c(NC2CCOCC2)c1CNC(=O)c1cc(C)cc(C(=O)NCc2ccc(C)c(-c3cccc(CN4CCN(C(C)=O)CC4)c3)c2)c1. The molecule has 0 atom stereocenters. The van der Waals surface area contributed by atoms with Crippen molar-refractivity contribution in [3.63, 3.8) is 0 Å². The number of nitrogens with zero attached hydrogens (tertiary/aromatic N) is 5. The molecule has 0 spiro atoms. The molecule has 0 saturated carbocycles. The van der Waals surface area contributed by atoms with Crippen LogP contribution in [0.25, 0.3) is 22.2 Å². The highest BCUT2D eigenvalue weighted by molar-refractivity contribution is 6.00. The van der Waals surface area contributed by atoms with Crippen molar-refractivity contribution in [3.8, 4) is 11.1 Å². The molecule has 4 heterocycles. The number of aryl methyl sites for hydroxylation is 4. The van der Waals surface area contributed by atoms with Crippen molar-refractivity contribution >= 4 is 34.4 Å². The molecule has 5 aromatic rings. The van der Waals surface area contributed by atoms with Crippen LogP contribution in [0.15, 0.2) is 66.9 Å². The Morgan fingerprint density at radius 3 is 2.26 bits per heavy atom. The summed E-state index contributed by atoms with van der Waals surface area (Å²) in [6, 6.07) is 20.4. The number of rotatable bonds is 13. The van der Waals surface area contributed by atoms with Gasteiger partial charge in [0.2, 0.25) is 5.91 Å². The van der Waals surface area contributed by atoms with Gasteiger partial charge in [-0.1, -0.05) is 37.3 Å². The highest BCUT2D eigenvalue weighted by atomic mass is 16.5. The summed E-state index contributed by atoms with van der Waals surface area (Å²) in [4.78, 5) is 48.5. The van der Waals surface area contributed by atoms with Gasteiger partial charge in [0, 0.05) is 101 Å². The summed E-state index contributed by atoms with van der Waals surface area (Å²) in [6.45, 7) is 16.6. The van der Waals surface area contributed by atoms with Crippen LogP contribution in [0.1, 0.15) is 87.8 Å². The van der Waals surface area contributed by atoms with Gasteiger partial charge >= 0.3 is 0 Å². The maximum absolute atomic E-state index is 13.8. The third-order valence-corrected chi connectivity index (χ3v) is 11.4. The Balaban J connectivity index is 1.02. The van der Waals surface area contributed by atoms with E-state index in [-0.39, 0.29) is 30.3 Å². The number of benzene rings is 3. The fraction of sp³-hybridized carbons (Fsp3) is 0.413. The first-order valence-corrected chi connectivity index (χ1v) is 20.7. The minimum atomic E-state index is -0.259. The average molecular weight is 785 g/mol. The normalized spacial score (nSPS) is 15.1. The zero-order valence-corrected chi connectivity index (χ0v) is 34.5. The first kappa shape index (κ1) is 40.6. The van der Waals surface area contributed by atoms with Crippen molar-refractivity contribution < 1.29 is 19.1 Å². The topological polar surface area (TPSA) is 134 Å². The Morgan fingerprint density at radius 1 is 0.845 bits per heavy atom. The Kier molecular flexibility index (Phi) is 12.8. The fourth-order valence-corrected chi connectivity index (χ4v) is 8.11. The van der Waals surface area contributed by atoms with E-state index >= 15 is 0 Å². The molecule has 12 heteroatoms. The van der Waals surface area contributed by atoms with Crippen molar-refractivity contribution in [2.45, 2.75) is 86.1 Å². The number of anilines is 1. The number of pyridine rings is 1. The van der Waals surface area contributed by atoms with E-state index in [0.29, 0.717) is 43.9 Å². The zero-order valence-electron chi connectivity index (χ0n) is 34.5. The summed E-state index contributed by atoms with van der Waals surface area (Å²) >= 11 is 0. The molecule has 304 valence electrons. The van der Waals surface area contributed by atoms with E-state index in [0.717, 1.165) is 101 Å². The maximum atomic E-state index is 13.8. The van der Waals surface area contributed by atoms with Gasteiger partial charge in [-0.15, -0.1) is 0 Å². The van der Waals surface area contributed by atoms with Crippen LogP contribution in [0.2, 0.25) is 0 Å². The standard InChI is InChI=1S/C46H56N8O4/c1-6-42-40(43(50-38-13-19-58-20-14-38)41-28-49-54(7-2)44(41)51-42)27-48-46(57)37-22-30(3)21-36(25-37)45(56)47-26-33-12-11-31(4)39(24-33)35-10-8-9-34(23-35)29-52-15-17-53(18-16-52)32(5)55/h8-12,21-25,28,38H,6-7,13-20,26-27,29H2,1-5H3,(H,47,56)(H,48,57)(H,50,51). The van der Waals surface area contributed by atoms with Crippen LogP contribution in [0.5, 0.6) is 0 Å². The fourth-order valence-electron chi connectivity index (χ4n) is 8.11. The molecule has 3 aromatic carbocycles. The Hall–Kier alpha value is -5.59. The van der Waals surface area contributed by atoms with Crippen LogP contribution in [0.4, 0.5) is 5.69 Å². The van der Waals surface area contributed by atoms with Crippen molar-refractivity contribution in [1.82, 2.24) is 35.2 Å². The number of hydrogen-bond donors (Lipinski definition) is 3. The van der Waals surface area contributed by atoms with Gasteiger partial charge in [-0.25, -0.2) is 9.67 Å². The number of ether oxygens (including phenoxy) is 1. The molecule has 2 fully saturated rings. The van der Waals surface area contributed by atoms with Crippen LogP contribution >= 0.6 is 0 Å². The molecule has 0 aliphatic carbocycles. The number of amides is 3. The molecular formula is C46H56N8O4. The molecule has 2 aliphatic heterocycles. The van der Waals surface area contributed by atoms with Gasteiger partial charge in [0.1, 0.15) is 0 Å². The van der Waals surface area contributed by atoms with E-state index in [1.54, 1.807) is 13.0 Å². The lowest BCUT2D eigenvalue weighted by Crippen LogP contribution is -2.47. The second kappa shape index (κ2) is 18.3. The summed E-state index contributed by atoms with van der Waals surface area (Å²) in [5.41, 5.74) is 11.0. The van der Waals surface area contributed by atoms with Gasteiger partial charge in [-0.05, 0) is 104 Å². The number of nitrogens with one attached hydrogen (secondary N) is 3. The van der Waals surface area contributed by atoms with Crippen molar-refractivity contribution in [2.75, 3.05) is 44.7 Å². The Bertz CT molecular complexity index is 2290. The summed E-state index contributed by atoms with van der Waals surface area (Å²) in [5.74, 6) is -0.367. The first-order valence-electron chi connectivity index (χ1n) is 20.7. The van der Waals surface area contributed by atoms with Crippen molar-refractivity contribution in [3.05, 3.63) is 111 Å². The minimum Gasteiger partial charge on any atom is -0.381 e. The maximum Gasteiger partial charge on any atom is 0.251 e. The van der Waals surface area contributed by atoms with Gasteiger partial charge in [-0.3, -0.25) is 19.3 Å². The van der Waals surface area contributed by atoms with Gasteiger partial charge in [0.25, 0.3) is 11.8 Å². The summed E-state index contributed by atoms with van der Waals surface area (Å²) in [5, 5.41) is 15.5. The molecule has 58 heavy (non-hydrogen) atoms. The van der Waals surface area contributed by atoms with E-state index in [2.05, 4.69) is 83.1 Å². The monoisotopic (exact) mass is 784 g/mol. The largest absolute Gasteiger partial charge is 0.381 e. The number of carbonyl (C=O) groups excluding carboxylic acids is 3. The molecule has 3 N–H and O–H groups in total. The molecule has 2 aromatic heterocycles. The summed E-state index contributed by atoms with van der Waals surface area (Å²) < 4.78 is 7.52. The van der Waals surface area contributed by atoms with Crippen LogP contribution in [-0.4, -0.2) is 87.7 Å². The molecule has 7 rings (SSSR count). The van der Waals surface area contributed by atoms with Crippen LogP contribution in [-0.2, 0) is 42.1 Å². The van der Waals surface area contributed by atoms with E-state index in [9.17, 15) is 14.4 Å². The number of piperazine rings is 1. The smallest absolute Gasteiger partial charge is 0.251 e. The molecule has 12 nitrogen and oxygen atoms in total. The molecule has 0 radical (unpaired) electrons. The lowest BCUT2D eigenvalue weighted by Gasteiger charge is -2.34. The van der Waals surface area contributed by atoms with Crippen molar-refractivity contribution in [2.24, 2.45) is 0 Å². The third-order valence-electron chi connectivity index (χ3n) is 11.4. The summed E-state index contributed by atoms with van der Waals surface area (Å²) in [6.07, 6.45) is 4.36. The van der Waals surface area contributed by atoms with Crippen molar-refractivity contribution in [1.29, 1.82) is 0 Å². The second-order valence-electron chi connectivity index (χ2n) is 15.6. The molecule has 3 amide bonds. The number of carbonyl (C=O) groups is 3. The van der Waals surface area contributed by atoms with Crippen LogP contribution in [0, 0.1) is 13.8 Å². The van der Waals surface area contributed by atoms with Gasteiger partial charge < -0.3 is 25.6 Å². The molecule has 2 saturated heterocycles. The lowest BCUT2D eigenvalue weighted by molar-refractivity contribution is -0.130. The molecular weight excluding hydrogens is 729 g/mol. The zero-order chi connectivity index (χ0) is 40.8. The minimum absolute atomic E-state index is 0.137. The van der Waals surface area contributed by atoms with E-state index in [4.69, 9.17) is 9.72 Å². The first-order chi connectivity index (χ1) is 28.1. The molecule has 2 aliphatic rings. The number of fused-ring (bicyclic) bond motifs is 1. The van der Waals surface area contributed by atoms with Crippen LogP contribution in [0.3, 0.4) is 0 Å². The van der Waals surface area contributed by atoms with Gasteiger partial charge in [0.05, 0.1) is 17.3 Å². The van der Waals surface area contributed by atoms with E-state index < -0.39 is 0 Å². The van der Waals surface area contributed by atoms with Crippen LogP contribution < -0.4 is 16.0 Å². The lowest BCUT2D eigenvalue weighted by atomic mass is 9.96. The van der Waals surface area contributed by atoms with E-state index in [1.165, 1.54) is 5.56 Å². The molecule has 0 unspecified atom stereocenters. The summed E-state index contributed by atoms with van der Waals surface area (Å²) in [7, 11) is 0.